The summed E-state index contributed by atoms with van der Waals surface area (Å²) < 4.78 is 0. The molecule has 1 heteroatoms. The van der Waals surface area contributed by atoms with Gasteiger partial charge in [0, 0.05) is 5.33 Å². The summed E-state index contributed by atoms with van der Waals surface area (Å²) in [5.74, 6) is 0. The highest BCUT2D eigenvalue weighted by atomic mass is 79.9. The summed E-state index contributed by atoms with van der Waals surface area (Å²) in [5, 5.41) is 6.61. The number of halogens is 1. The van der Waals surface area contributed by atoms with Gasteiger partial charge in [-0.15, -0.1) is 0 Å². The number of hydrogen-bond donors (Lipinski definition) is 0. The summed E-state index contributed by atoms with van der Waals surface area (Å²) in [6.45, 7) is 0. The molecule has 0 amide bonds. The van der Waals surface area contributed by atoms with Crippen molar-refractivity contribution in [2.24, 2.45) is 0 Å². The van der Waals surface area contributed by atoms with E-state index in [2.05, 4.69) is 70.5 Å². The van der Waals surface area contributed by atoms with Crippen molar-refractivity contribution in [3.05, 3.63) is 60.2 Å². The van der Waals surface area contributed by atoms with Crippen LogP contribution in [0.25, 0.3) is 21.5 Å². The number of alkyl halides is 1. The summed E-state index contributed by atoms with van der Waals surface area (Å²) in [6, 6.07) is 19.8. The van der Waals surface area contributed by atoms with Gasteiger partial charge in [0.25, 0.3) is 0 Å². The molecule has 0 N–H and O–H groups in total. The van der Waals surface area contributed by atoms with Crippen molar-refractivity contribution in [2.45, 2.75) is 19.3 Å². The Kier molecular flexibility index (Phi) is 3.84. The zero-order chi connectivity index (χ0) is 13.1. The summed E-state index contributed by atoms with van der Waals surface area (Å²) in [7, 11) is 0. The minimum absolute atomic E-state index is 1.10. The van der Waals surface area contributed by atoms with Gasteiger partial charge in [-0.25, -0.2) is 0 Å². The number of unbranched alkanes of at least 4 members (excludes halogenated alkanes) is 1. The van der Waals surface area contributed by atoms with Crippen molar-refractivity contribution >= 4 is 37.5 Å². The highest BCUT2D eigenvalue weighted by molar-refractivity contribution is 9.09. The van der Waals surface area contributed by atoms with Crippen molar-refractivity contribution in [1.29, 1.82) is 0 Å². The van der Waals surface area contributed by atoms with Gasteiger partial charge < -0.3 is 0 Å². The van der Waals surface area contributed by atoms with Crippen LogP contribution in [-0.4, -0.2) is 5.33 Å². The molecule has 0 saturated heterocycles. The molecule has 0 fully saturated rings. The predicted octanol–water partition coefficient (Wildman–Crippen LogP) is 5.71. The molecule has 0 aliphatic carbocycles. The molecule has 0 aliphatic rings. The smallest absolute Gasteiger partial charge is 0.00314 e. The normalized spacial score (nSPS) is 11.2. The average Bonchev–Trinajstić information content (AvgIpc) is 2.47. The molecule has 0 radical (unpaired) electrons. The van der Waals surface area contributed by atoms with Gasteiger partial charge in [-0.2, -0.15) is 0 Å². The average molecular weight is 313 g/mol. The number of hydrogen-bond acceptors (Lipinski definition) is 0. The van der Waals surface area contributed by atoms with E-state index >= 15 is 0 Å². The Hall–Kier alpha value is -1.34. The lowest BCUT2D eigenvalue weighted by Gasteiger charge is -2.10. The van der Waals surface area contributed by atoms with Crippen molar-refractivity contribution < 1.29 is 0 Å². The fourth-order valence-electron chi connectivity index (χ4n) is 2.75. The largest absolute Gasteiger partial charge is 0.0928 e. The van der Waals surface area contributed by atoms with Crippen LogP contribution in [0.4, 0.5) is 0 Å². The summed E-state index contributed by atoms with van der Waals surface area (Å²) in [4.78, 5) is 0. The number of benzene rings is 3. The molecule has 0 heterocycles. The summed E-state index contributed by atoms with van der Waals surface area (Å²) in [6.07, 6.45) is 3.64. The molecule has 0 aromatic heterocycles. The topological polar surface area (TPSA) is 0 Å². The van der Waals surface area contributed by atoms with Crippen LogP contribution < -0.4 is 0 Å². The zero-order valence-electron chi connectivity index (χ0n) is 10.9. The SMILES string of the molecule is BrCCCCc1cc2ccccc2c2ccccc12. The number of rotatable bonds is 4. The number of fused-ring (bicyclic) bond motifs is 3. The molecule has 3 aromatic carbocycles. The van der Waals surface area contributed by atoms with Crippen LogP contribution in [0.3, 0.4) is 0 Å². The first-order valence-electron chi connectivity index (χ1n) is 6.85. The van der Waals surface area contributed by atoms with Crippen LogP contribution >= 0.6 is 15.9 Å². The van der Waals surface area contributed by atoms with Gasteiger partial charge >= 0.3 is 0 Å². The van der Waals surface area contributed by atoms with Crippen LogP contribution in [0, 0.1) is 0 Å². The van der Waals surface area contributed by atoms with E-state index in [4.69, 9.17) is 0 Å². The molecule has 19 heavy (non-hydrogen) atoms. The molecule has 0 nitrogen and oxygen atoms in total. The Labute approximate surface area is 122 Å². The Bertz CT molecular complexity index is 700. The van der Waals surface area contributed by atoms with E-state index in [9.17, 15) is 0 Å². The second-order valence-electron chi connectivity index (χ2n) is 4.95. The van der Waals surface area contributed by atoms with Crippen LogP contribution in [0.15, 0.2) is 54.6 Å². The van der Waals surface area contributed by atoms with Gasteiger partial charge in [0.05, 0.1) is 0 Å². The molecule has 3 rings (SSSR count). The molecular weight excluding hydrogens is 296 g/mol. The molecule has 0 atom stereocenters. The van der Waals surface area contributed by atoms with E-state index < -0.39 is 0 Å². The molecule has 0 aliphatic heterocycles. The highest BCUT2D eigenvalue weighted by Gasteiger charge is 2.05. The Balaban J connectivity index is 2.18. The first-order valence-corrected chi connectivity index (χ1v) is 7.97. The predicted molar refractivity (Wildman–Crippen MR) is 88.2 cm³/mol. The van der Waals surface area contributed by atoms with Gasteiger partial charge in [-0.3, -0.25) is 0 Å². The molecule has 3 aromatic rings. The summed E-state index contributed by atoms with van der Waals surface area (Å²) >= 11 is 3.51. The van der Waals surface area contributed by atoms with Gasteiger partial charge in [0.15, 0.2) is 0 Å². The second-order valence-corrected chi connectivity index (χ2v) is 5.74. The third-order valence-electron chi connectivity index (χ3n) is 3.68. The Morgan fingerprint density at radius 1 is 0.737 bits per heavy atom. The van der Waals surface area contributed by atoms with Crippen LogP contribution in [0.5, 0.6) is 0 Å². The lowest BCUT2D eigenvalue weighted by atomic mass is 9.95. The minimum atomic E-state index is 1.10. The molecule has 0 saturated carbocycles. The van der Waals surface area contributed by atoms with E-state index in [-0.39, 0.29) is 0 Å². The third kappa shape index (κ3) is 2.52. The van der Waals surface area contributed by atoms with Gasteiger partial charge in [-0.1, -0.05) is 70.5 Å². The van der Waals surface area contributed by atoms with E-state index in [0.717, 1.165) is 11.8 Å². The zero-order valence-corrected chi connectivity index (χ0v) is 12.5. The first kappa shape index (κ1) is 12.7. The lowest BCUT2D eigenvalue weighted by molar-refractivity contribution is 0.811. The minimum Gasteiger partial charge on any atom is -0.0928 e. The molecular formula is C18H17Br. The third-order valence-corrected chi connectivity index (χ3v) is 4.24. The Morgan fingerprint density at radius 2 is 1.42 bits per heavy atom. The van der Waals surface area contributed by atoms with E-state index in [0.29, 0.717) is 0 Å². The molecule has 0 spiro atoms. The van der Waals surface area contributed by atoms with Crippen LogP contribution in [0.2, 0.25) is 0 Å². The standard InChI is InChI=1S/C18H17Br/c19-12-6-5-8-15-13-14-7-1-2-9-16(14)18-11-4-3-10-17(15)18/h1-4,7,9-11,13H,5-6,8,12H2. The van der Waals surface area contributed by atoms with E-state index in [1.165, 1.54) is 39.9 Å². The molecule has 96 valence electrons. The van der Waals surface area contributed by atoms with Gasteiger partial charge in [-0.05, 0) is 46.4 Å². The van der Waals surface area contributed by atoms with Crippen LogP contribution in [-0.2, 0) is 6.42 Å². The maximum atomic E-state index is 3.51. The van der Waals surface area contributed by atoms with Crippen molar-refractivity contribution in [3.8, 4) is 0 Å². The second kappa shape index (κ2) is 5.75. The maximum absolute atomic E-state index is 3.51. The highest BCUT2D eigenvalue weighted by Crippen LogP contribution is 2.29. The van der Waals surface area contributed by atoms with Crippen molar-refractivity contribution in [2.75, 3.05) is 5.33 Å². The van der Waals surface area contributed by atoms with E-state index in [1.807, 2.05) is 0 Å². The van der Waals surface area contributed by atoms with Crippen LogP contribution in [0.1, 0.15) is 18.4 Å². The fourth-order valence-corrected chi connectivity index (χ4v) is 3.14. The summed E-state index contributed by atoms with van der Waals surface area (Å²) in [5.41, 5.74) is 1.48. The number of aryl methyl sites for hydroxylation is 1. The maximum Gasteiger partial charge on any atom is 0.00314 e. The quantitative estimate of drug-likeness (QED) is 0.329. The van der Waals surface area contributed by atoms with Gasteiger partial charge in [0.1, 0.15) is 0 Å². The molecule has 0 bridgehead atoms. The Morgan fingerprint density at radius 3 is 2.21 bits per heavy atom. The lowest BCUT2D eigenvalue weighted by Crippen LogP contribution is -1.90. The van der Waals surface area contributed by atoms with Crippen molar-refractivity contribution in [1.82, 2.24) is 0 Å². The fraction of sp³-hybridized carbons (Fsp3) is 0.222. The van der Waals surface area contributed by atoms with E-state index in [1.54, 1.807) is 0 Å². The van der Waals surface area contributed by atoms with Gasteiger partial charge in [0.2, 0.25) is 0 Å². The monoisotopic (exact) mass is 312 g/mol. The first-order chi connectivity index (χ1) is 9.40. The molecule has 0 unspecified atom stereocenters. The van der Waals surface area contributed by atoms with Crippen molar-refractivity contribution in [3.63, 3.8) is 0 Å².